The summed E-state index contributed by atoms with van der Waals surface area (Å²) in [5.74, 6) is 0.408. The number of allylic oxidation sites excluding steroid dienone is 1. The standard InChI is InChI=1S/C29H33FN2O5/c1-17-27-25(10-7-22-6-5-19(16-31-22)18-3-2-4-21(30)13-18)24-9-8-23(32-29(35)36-12-11-33)14-20(24)15-26(27)28(34)37-17/h2-7,10,13,16-17,20,23-27,33H,8-9,11-12,14-15H2,1H3,(H,32,35)/b10-7+/t17-,20+,23-,24?,25+,26-,27+/m1/s1. The highest BCUT2D eigenvalue weighted by Gasteiger charge is 2.54. The van der Waals surface area contributed by atoms with Gasteiger partial charge in [0.2, 0.25) is 0 Å². The molecule has 5 rings (SSSR count). The van der Waals surface area contributed by atoms with Crippen molar-refractivity contribution in [3.63, 3.8) is 0 Å². The molecule has 0 spiro atoms. The minimum atomic E-state index is -0.510. The molecule has 1 amide bonds. The first-order valence-corrected chi connectivity index (χ1v) is 13.1. The van der Waals surface area contributed by atoms with Crippen LogP contribution in [0.1, 0.15) is 38.3 Å². The zero-order valence-corrected chi connectivity index (χ0v) is 20.9. The number of benzene rings is 1. The largest absolute Gasteiger partial charge is 0.462 e. The van der Waals surface area contributed by atoms with Crippen molar-refractivity contribution >= 4 is 18.1 Å². The molecule has 2 saturated carbocycles. The number of nitrogens with zero attached hydrogens (tertiary/aromatic N) is 1. The van der Waals surface area contributed by atoms with E-state index in [9.17, 15) is 14.0 Å². The van der Waals surface area contributed by atoms with E-state index in [0.29, 0.717) is 5.92 Å². The lowest BCUT2D eigenvalue weighted by Crippen LogP contribution is -2.48. The number of aromatic nitrogens is 1. The normalized spacial score (nSPS) is 30.9. The molecule has 0 bridgehead atoms. The van der Waals surface area contributed by atoms with Crippen LogP contribution in [0.5, 0.6) is 0 Å². The lowest BCUT2D eigenvalue weighted by atomic mass is 9.57. The van der Waals surface area contributed by atoms with Crippen LogP contribution in [0.2, 0.25) is 0 Å². The Labute approximate surface area is 216 Å². The number of aliphatic hydroxyl groups excluding tert-OH is 1. The lowest BCUT2D eigenvalue weighted by molar-refractivity contribution is -0.144. The van der Waals surface area contributed by atoms with E-state index in [1.54, 1.807) is 12.3 Å². The molecule has 2 aliphatic carbocycles. The van der Waals surface area contributed by atoms with E-state index in [4.69, 9.17) is 14.6 Å². The summed E-state index contributed by atoms with van der Waals surface area (Å²) in [6, 6.07) is 10.3. The van der Waals surface area contributed by atoms with Gasteiger partial charge >= 0.3 is 12.1 Å². The zero-order valence-electron chi connectivity index (χ0n) is 20.9. The number of hydrogen-bond acceptors (Lipinski definition) is 6. The molecule has 1 aliphatic heterocycles. The van der Waals surface area contributed by atoms with Crippen molar-refractivity contribution in [2.45, 2.75) is 44.8 Å². The topological polar surface area (TPSA) is 97.8 Å². The Bertz CT molecular complexity index is 1150. The molecular formula is C29H33FN2O5. The van der Waals surface area contributed by atoms with Gasteiger partial charge in [0, 0.05) is 23.7 Å². The number of carbonyl (C=O) groups excluding carboxylic acids is 2. The molecule has 196 valence electrons. The van der Waals surface area contributed by atoms with Gasteiger partial charge in [0.15, 0.2) is 0 Å². The van der Waals surface area contributed by atoms with Crippen molar-refractivity contribution in [2.75, 3.05) is 13.2 Å². The zero-order chi connectivity index (χ0) is 25.9. The monoisotopic (exact) mass is 508 g/mol. The fourth-order valence-electron chi connectivity index (χ4n) is 6.65. The summed E-state index contributed by atoms with van der Waals surface area (Å²) in [5, 5.41) is 11.8. The van der Waals surface area contributed by atoms with Crippen LogP contribution < -0.4 is 5.32 Å². The van der Waals surface area contributed by atoms with E-state index in [1.807, 2.05) is 31.2 Å². The highest BCUT2D eigenvalue weighted by molar-refractivity contribution is 5.75. The Morgan fingerprint density at radius 1 is 1.24 bits per heavy atom. The van der Waals surface area contributed by atoms with Crippen molar-refractivity contribution in [1.82, 2.24) is 10.3 Å². The molecule has 2 heterocycles. The van der Waals surface area contributed by atoms with Gasteiger partial charge in [0.1, 0.15) is 18.5 Å². The van der Waals surface area contributed by atoms with Gasteiger partial charge in [-0.3, -0.25) is 9.78 Å². The first kappa shape index (κ1) is 25.4. The second-order valence-corrected chi connectivity index (χ2v) is 10.4. The van der Waals surface area contributed by atoms with E-state index in [2.05, 4.69) is 16.4 Å². The molecule has 0 radical (unpaired) electrons. The average Bonchev–Trinajstić information content (AvgIpc) is 3.18. The second kappa shape index (κ2) is 11.0. The summed E-state index contributed by atoms with van der Waals surface area (Å²) in [4.78, 5) is 29.3. The first-order chi connectivity index (χ1) is 17.9. The van der Waals surface area contributed by atoms with Crippen molar-refractivity contribution in [3.8, 4) is 11.1 Å². The van der Waals surface area contributed by atoms with Gasteiger partial charge in [-0.05, 0) is 80.2 Å². The number of amides is 1. The van der Waals surface area contributed by atoms with Crippen molar-refractivity contribution in [2.24, 2.45) is 29.6 Å². The number of halogens is 1. The van der Waals surface area contributed by atoms with Crippen LogP contribution >= 0.6 is 0 Å². The number of fused-ring (bicyclic) bond motifs is 2. The summed E-state index contributed by atoms with van der Waals surface area (Å²) >= 11 is 0. The molecule has 3 aliphatic rings. The molecule has 2 N–H and O–H groups in total. The van der Waals surface area contributed by atoms with E-state index in [1.165, 1.54) is 12.1 Å². The number of ether oxygens (including phenoxy) is 2. The highest BCUT2D eigenvalue weighted by Crippen LogP contribution is 2.53. The van der Waals surface area contributed by atoms with Crippen LogP contribution in [0.15, 0.2) is 48.7 Å². The SMILES string of the molecule is C[C@H]1OC(=O)[C@@H]2C[C@@H]3C[C@H](NC(=O)OCCO)CCC3[C@H](/C=C/c3ccc(-c4cccc(F)c4)cn3)[C@H]12. The molecule has 1 saturated heterocycles. The molecule has 1 unspecified atom stereocenters. The van der Waals surface area contributed by atoms with Crippen LogP contribution in [0, 0.1) is 35.4 Å². The van der Waals surface area contributed by atoms with Gasteiger partial charge in [-0.15, -0.1) is 0 Å². The number of carbonyl (C=O) groups is 2. The van der Waals surface area contributed by atoms with E-state index < -0.39 is 6.09 Å². The van der Waals surface area contributed by atoms with Crippen LogP contribution in [0.3, 0.4) is 0 Å². The smallest absolute Gasteiger partial charge is 0.407 e. The van der Waals surface area contributed by atoms with Crippen LogP contribution in [0.25, 0.3) is 17.2 Å². The second-order valence-electron chi connectivity index (χ2n) is 10.4. The van der Waals surface area contributed by atoms with Gasteiger partial charge < -0.3 is 19.9 Å². The predicted octanol–water partition coefficient (Wildman–Crippen LogP) is 4.60. The Morgan fingerprint density at radius 3 is 2.86 bits per heavy atom. The fraction of sp³-hybridized carbons (Fsp3) is 0.483. The molecule has 1 aromatic heterocycles. The number of nitrogens with one attached hydrogen (secondary N) is 1. The highest BCUT2D eigenvalue weighted by atomic mass is 19.1. The van der Waals surface area contributed by atoms with Crippen molar-refractivity contribution in [3.05, 3.63) is 60.2 Å². The van der Waals surface area contributed by atoms with Gasteiger partial charge in [0.25, 0.3) is 0 Å². The minimum Gasteiger partial charge on any atom is -0.462 e. The molecule has 7 atom stereocenters. The quantitative estimate of drug-likeness (QED) is 0.554. The lowest BCUT2D eigenvalue weighted by Gasteiger charge is -2.47. The summed E-state index contributed by atoms with van der Waals surface area (Å²) in [6.45, 7) is 1.75. The Balaban J connectivity index is 1.32. The third-order valence-electron chi connectivity index (χ3n) is 8.23. The number of aliphatic hydroxyl groups is 1. The molecule has 8 heteroatoms. The third-order valence-corrected chi connectivity index (χ3v) is 8.23. The number of pyridine rings is 1. The van der Waals surface area contributed by atoms with Gasteiger partial charge in [-0.2, -0.15) is 0 Å². The number of rotatable bonds is 6. The molecule has 3 fully saturated rings. The molecule has 37 heavy (non-hydrogen) atoms. The molecular weight excluding hydrogens is 475 g/mol. The number of esters is 1. The van der Waals surface area contributed by atoms with Gasteiger partial charge in [-0.25, -0.2) is 9.18 Å². The van der Waals surface area contributed by atoms with Gasteiger partial charge in [0.05, 0.1) is 18.2 Å². The Kier molecular flexibility index (Phi) is 7.55. The number of cyclic esters (lactones) is 1. The maximum absolute atomic E-state index is 13.6. The Hall–Kier alpha value is -3.26. The summed E-state index contributed by atoms with van der Waals surface area (Å²) in [7, 11) is 0. The van der Waals surface area contributed by atoms with E-state index in [-0.39, 0.29) is 60.8 Å². The maximum Gasteiger partial charge on any atom is 0.407 e. The maximum atomic E-state index is 13.6. The summed E-state index contributed by atoms with van der Waals surface area (Å²) < 4.78 is 24.2. The van der Waals surface area contributed by atoms with Crippen molar-refractivity contribution < 1.29 is 28.6 Å². The number of alkyl carbamates (subject to hydrolysis) is 1. The van der Waals surface area contributed by atoms with Crippen LogP contribution in [0.4, 0.5) is 9.18 Å². The van der Waals surface area contributed by atoms with Crippen LogP contribution in [-0.2, 0) is 14.3 Å². The molecule has 7 nitrogen and oxygen atoms in total. The first-order valence-electron chi connectivity index (χ1n) is 13.1. The average molecular weight is 509 g/mol. The minimum absolute atomic E-state index is 0.0134. The van der Waals surface area contributed by atoms with Gasteiger partial charge in [-0.1, -0.05) is 24.3 Å². The molecule has 1 aromatic carbocycles. The fourth-order valence-corrected chi connectivity index (χ4v) is 6.65. The summed E-state index contributed by atoms with van der Waals surface area (Å²) in [6.07, 6.45) is 8.64. The molecule has 2 aromatic rings. The summed E-state index contributed by atoms with van der Waals surface area (Å²) in [5.41, 5.74) is 2.43. The third kappa shape index (κ3) is 5.54. The van der Waals surface area contributed by atoms with Crippen molar-refractivity contribution in [1.29, 1.82) is 0 Å². The Morgan fingerprint density at radius 2 is 2.11 bits per heavy atom. The van der Waals surface area contributed by atoms with E-state index in [0.717, 1.165) is 42.5 Å². The predicted molar refractivity (Wildman–Crippen MR) is 135 cm³/mol. The number of hydrogen-bond donors (Lipinski definition) is 2. The van der Waals surface area contributed by atoms with Crippen LogP contribution in [-0.4, -0.2) is 47.5 Å². The van der Waals surface area contributed by atoms with E-state index >= 15 is 0 Å².